The van der Waals surface area contributed by atoms with E-state index in [9.17, 15) is 61.0 Å². The fraction of sp³-hybridized carbons (Fsp3) is 0.595. The molecule has 0 bridgehead atoms. The van der Waals surface area contributed by atoms with E-state index < -0.39 is 118 Å². The molecule has 0 aromatic heterocycles. The summed E-state index contributed by atoms with van der Waals surface area (Å²) in [5.74, 6) is -1.07. The molecule has 21 heteroatoms. The Balaban J connectivity index is 1.51. The van der Waals surface area contributed by atoms with Gasteiger partial charge in [0.1, 0.15) is 67.1 Å². The molecule has 3 aliphatic rings. The van der Waals surface area contributed by atoms with E-state index in [0.717, 1.165) is 6.08 Å². The largest absolute Gasteiger partial charge is 0.504 e. The van der Waals surface area contributed by atoms with Crippen LogP contribution in [0.5, 0.6) is 23.0 Å². The lowest BCUT2D eigenvalue weighted by atomic mass is 9.95. The molecule has 3 aliphatic heterocycles. The molecule has 0 aliphatic carbocycles. The van der Waals surface area contributed by atoms with E-state index in [1.165, 1.54) is 50.6 Å². The molecular weight excluding hydrogens is 780 g/mol. The molecule has 21 nitrogen and oxygen atoms in total. The van der Waals surface area contributed by atoms with Crippen LogP contribution >= 0.6 is 0 Å². The smallest absolute Gasteiger partial charge is 0.331 e. The molecule has 0 unspecified atom stereocenters. The van der Waals surface area contributed by atoms with Crippen LogP contribution in [0.15, 0.2) is 42.5 Å². The number of hydrogen-bond donors (Lipinski definition) is 11. The van der Waals surface area contributed by atoms with Gasteiger partial charge in [-0.2, -0.15) is 0 Å². The summed E-state index contributed by atoms with van der Waals surface area (Å²) in [7, 11) is 2.70. The number of phenols is 2. The lowest BCUT2D eigenvalue weighted by Crippen LogP contribution is -2.67. The van der Waals surface area contributed by atoms with Crippen LogP contribution < -0.4 is 9.47 Å². The number of esters is 1. The van der Waals surface area contributed by atoms with Crippen molar-refractivity contribution < 1.29 is 104 Å². The van der Waals surface area contributed by atoms with Crippen LogP contribution in [0.2, 0.25) is 0 Å². The standard InChI is InChI=1S/C37H50O21/c1-50-20-7-4-17(11-19(20)42)9-10-52-37-34(58-36-31(49)29(47)27(45)23(14-39)54-36)33(57-35-30(48)28(46)26(44)22(13-38)53-35)32(24(15-40)55-37)56-25(43)8-5-16-3-6-18(41)21(12-16)51-2/h3-8,11-12,22-24,26-42,44-49H,9-10,13-15H2,1-2H3/t22-,23-,24-,26-,27-,28+,29+,30-,31-,32-,33+,34-,35+,36+,37-/m1/s1. The number of carbonyl (C=O) groups excluding carboxylic acids is 1. The van der Waals surface area contributed by atoms with Gasteiger partial charge in [0.25, 0.3) is 0 Å². The molecule has 0 saturated carbocycles. The zero-order valence-corrected chi connectivity index (χ0v) is 31.3. The fourth-order valence-electron chi connectivity index (χ4n) is 6.59. The van der Waals surface area contributed by atoms with Gasteiger partial charge in [-0.15, -0.1) is 0 Å². The normalized spacial score (nSPS) is 35.5. The van der Waals surface area contributed by atoms with Gasteiger partial charge in [0, 0.05) is 6.08 Å². The second kappa shape index (κ2) is 20.5. The molecular formula is C37H50O21. The van der Waals surface area contributed by atoms with E-state index in [4.69, 9.17) is 42.6 Å². The third kappa shape index (κ3) is 10.3. The van der Waals surface area contributed by atoms with E-state index in [1.807, 2.05) is 0 Å². The van der Waals surface area contributed by atoms with Crippen molar-refractivity contribution in [3.63, 3.8) is 0 Å². The number of aliphatic hydroxyl groups excluding tert-OH is 9. The minimum absolute atomic E-state index is 0.104. The second-order valence-electron chi connectivity index (χ2n) is 13.6. The van der Waals surface area contributed by atoms with Crippen molar-refractivity contribution in [2.75, 3.05) is 40.6 Å². The average Bonchev–Trinajstić information content (AvgIpc) is 3.22. The van der Waals surface area contributed by atoms with Gasteiger partial charge in [0.15, 0.2) is 48.0 Å². The Morgan fingerprint density at radius 3 is 1.76 bits per heavy atom. The van der Waals surface area contributed by atoms with Crippen molar-refractivity contribution in [3.8, 4) is 23.0 Å². The highest BCUT2D eigenvalue weighted by molar-refractivity contribution is 5.87. The molecule has 15 atom stereocenters. The molecule has 11 N–H and O–H groups in total. The Kier molecular flexibility index (Phi) is 16.0. The summed E-state index contributed by atoms with van der Waals surface area (Å²) in [6.07, 6.45) is -24.2. The van der Waals surface area contributed by atoms with Gasteiger partial charge in [0.2, 0.25) is 0 Å². The van der Waals surface area contributed by atoms with Gasteiger partial charge >= 0.3 is 5.97 Å². The lowest BCUT2D eigenvalue weighted by Gasteiger charge is -2.49. The first-order chi connectivity index (χ1) is 27.7. The van der Waals surface area contributed by atoms with Crippen molar-refractivity contribution in [2.24, 2.45) is 0 Å². The predicted octanol–water partition coefficient (Wildman–Crippen LogP) is -3.61. The van der Waals surface area contributed by atoms with Gasteiger partial charge in [-0.3, -0.25) is 0 Å². The summed E-state index contributed by atoms with van der Waals surface area (Å²) >= 11 is 0. The van der Waals surface area contributed by atoms with Gasteiger partial charge in [-0.05, 0) is 47.9 Å². The van der Waals surface area contributed by atoms with Crippen LogP contribution in [0.25, 0.3) is 6.08 Å². The van der Waals surface area contributed by atoms with Crippen LogP contribution in [0.1, 0.15) is 11.1 Å². The van der Waals surface area contributed by atoms with Crippen LogP contribution in [-0.4, -0.2) is 195 Å². The maximum absolute atomic E-state index is 13.4. The van der Waals surface area contributed by atoms with Gasteiger partial charge in [-0.25, -0.2) is 4.79 Å². The monoisotopic (exact) mass is 830 g/mol. The quantitative estimate of drug-likeness (QED) is 0.0575. The number of methoxy groups -OCH3 is 2. The molecule has 3 saturated heterocycles. The van der Waals surface area contributed by atoms with Crippen LogP contribution in [0.3, 0.4) is 0 Å². The van der Waals surface area contributed by atoms with Crippen molar-refractivity contribution in [2.45, 2.75) is 98.5 Å². The minimum atomic E-state index is -2.01. The Morgan fingerprint density at radius 2 is 1.21 bits per heavy atom. The molecule has 324 valence electrons. The van der Waals surface area contributed by atoms with E-state index in [2.05, 4.69) is 0 Å². The first kappa shape index (κ1) is 45.3. The highest BCUT2D eigenvalue weighted by Gasteiger charge is 2.56. The maximum Gasteiger partial charge on any atom is 0.331 e. The Hall–Kier alpha value is -3.75. The maximum atomic E-state index is 13.4. The molecule has 2 aromatic rings. The lowest BCUT2D eigenvalue weighted by molar-refractivity contribution is -0.391. The molecule has 3 heterocycles. The molecule has 5 rings (SSSR count). The number of phenolic OH excluding ortho intramolecular Hbond substituents is 2. The van der Waals surface area contributed by atoms with E-state index in [-0.39, 0.29) is 36.0 Å². The zero-order chi connectivity index (χ0) is 42.3. The number of hydrogen-bond acceptors (Lipinski definition) is 21. The van der Waals surface area contributed by atoms with Gasteiger partial charge in [0.05, 0.1) is 40.6 Å². The Labute approximate surface area is 331 Å². The van der Waals surface area contributed by atoms with E-state index >= 15 is 0 Å². The predicted molar refractivity (Wildman–Crippen MR) is 191 cm³/mol. The molecule has 58 heavy (non-hydrogen) atoms. The molecule has 3 fully saturated rings. The number of ether oxygens (including phenoxy) is 9. The van der Waals surface area contributed by atoms with Crippen LogP contribution in [0.4, 0.5) is 0 Å². The third-order valence-electron chi connectivity index (χ3n) is 9.83. The number of benzene rings is 2. The first-order valence-electron chi connectivity index (χ1n) is 18.2. The summed E-state index contributed by atoms with van der Waals surface area (Å²) in [4.78, 5) is 13.4. The SMILES string of the molecule is COc1ccc(CCO[C@@H]2O[C@H](CO)[C@@H](OC(=O)C=Cc3ccc(O)c(OC)c3)[C@H](O[C@@H]3O[C@H](CO)[C@@H](O)[C@H](O)[C@H]3O)[C@H]2O[C@@H]2O[C@H](CO)[C@@H](O)[C@H](O)[C@H]2O)cc1O. The second-order valence-corrected chi connectivity index (χ2v) is 13.6. The van der Waals surface area contributed by atoms with Crippen molar-refractivity contribution in [1.29, 1.82) is 0 Å². The van der Waals surface area contributed by atoms with Crippen molar-refractivity contribution >= 4 is 12.0 Å². The first-order valence-corrected chi connectivity index (χ1v) is 18.2. The zero-order valence-electron chi connectivity index (χ0n) is 31.3. The molecule has 2 aromatic carbocycles. The van der Waals surface area contributed by atoms with E-state index in [1.54, 1.807) is 6.07 Å². The molecule has 0 radical (unpaired) electrons. The summed E-state index contributed by atoms with van der Waals surface area (Å²) < 4.78 is 51.4. The topological polar surface area (TPSA) is 323 Å². The number of rotatable bonds is 16. The number of aliphatic hydroxyl groups is 9. The Morgan fingerprint density at radius 1 is 0.638 bits per heavy atom. The highest BCUT2D eigenvalue weighted by atomic mass is 16.8. The molecule has 0 spiro atoms. The summed E-state index contributed by atoms with van der Waals surface area (Å²) in [6.45, 7) is -2.75. The molecule has 0 amide bonds. The fourth-order valence-corrected chi connectivity index (χ4v) is 6.59. The van der Waals surface area contributed by atoms with Gasteiger partial charge in [-0.1, -0.05) is 12.1 Å². The summed E-state index contributed by atoms with van der Waals surface area (Å²) in [6, 6.07) is 8.79. The van der Waals surface area contributed by atoms with Crippen LogP contribution in [0, 0.1) is 0 Å². The van der Waals surface area contributed by atoms with E-state index in [0.29, 0.717) is 11.1 Å². The average molecular weight is 831 g/mol. The van der Waals surface area contributed by atoms with Crippen molar-refractivity contribution in [1.82, 2.24) is 0 Å². The highest BCUT2D eigenvalue weighted by Crippen LogP contribution is 2.36. The summed E-state index contributed by atoms with van der Waals surface area (Å²) in [5, 5.41) is 114. The third-order valence-corrected chi connectivity index (χ3v) is 9.83. The number of aromatic hydroxyl groups is 2. The summed E-state index contributed by atoms with van der Waals surface area (Å²) in [5.41, 5.74) is 0.958. The van der Waals surface area contributed by atoms with Crippen molar-refractivity contribution in [3.05, 3.63) is 53.6 Å². The Bertz CT molecular complexity index is 1660. The minimum Gasteiger partial charge on any atom is -0.504 e. The van der Waals surface area contributed by atoms with Crippen LogP contribution in [-0.2, 0) is 44.4 Å². The number of carbonyl (C=O) groups is 1. The van der Waals surface area contributed by atoms with Gasteiger partial charge < -0.3 is 98.8 Å².